The lowest BCUT2D eigenvalue weighted by Crippen LogP contribution is -1.71. The van der Waals surface area contributed by atoms with Crippen molar-refractivity contribution in [1.29, 1.82) is 0 Å². The van der Waals surface area contributed by atoms with Gasteiger partial charge >= 0.3 is 0 Å². The van der Waals surface area contributed by atoms with Gasteiger partial charge in [-0.05, 0) is 18.6 Å². The molecular weight excluding hydrogens is 204 g/mol. The summed E-state index contributed by atoms with van der Waals surface area (Å²) in [5.41, 5.74) is 1.17. The first-order valence-corrected chi connectivity index (χ1v) is 4.98. The van der Waals surface area contributed by atoms with E-state index in [0.29, 0.717) is 9.90 Å². The number of rotatable bonds is 1. The van der Waals surface area contributed by atoms with Crippen LogP contribution in [0.15, 0.2) is 18.2 Å². The van der Waals surface area contributed by atoms with Crippen LogP contribution in [0.5, 0.6) is 0 Å². The Morgan fingerprint density at radius 1 is 1.46 bits per heavy atom. The third-order valence-corrected chi connectivity index (χ3v) is 3.43. The zero-order valence-corrected chi connectivity index (χ0v) is 8.50. The maximum absolute atomic E-state index is 10.5. The number of hydrogen-bond acceptors (Lipinski definition) is 2. The molecule has 1 heterocycles. The molecule has 1 radical (unpaired) electrons. The normalized spacial score (nSPS) is 10.6. The summed E-state index contributed by atoms with van der Waals surface area (Å²) in [5, 5.41) is 1.46. The van der Waals surface area contributed by atoms with Crippen LogP contribution in [0.1, 0.15) is 10.4 Å². The van der Waals surface area contributed by atoms with Crippen molar-refractivity contribution in [3.8, 4) is 0 Å². The van der Waals surface area contributed by atoms with Crippen LogP contribution in [0.2, 0.25) is 5.02 Å². The smallest absolute Gasteiger partial charge is 0.245 e. The first-order chi connectivity index (χ1) is 6.22. The Kier molecular flexibility index (Phi) is 2.10. The summed E-state index contributed by atoms with van der Waals surface area (Å²) in [6.45, 7) is 2.01. The van der Waals surface area contributed by atoms with E-state index in [1.807, 2.05) is 31.4 Å². The minimum absolute atomic E-state index is 0.488. The van der Waals surface area contributed by atoms with Crippen LogP contribution in [0, 0.1) is 6.92 Å². The third kappa shape index (κ3) is 1.36. The Hall–Kier alpha value is -0.860. The summed E-state index contributed by atoms with van der Waals surface area (Å²) < 4.78 is 1.04. The van der Waals surface area contributed by atoms with Crippen LogP contribution in [-0.4, -0.2) is 6.29 Å². The Morgan fingerprint density at radius 3 is 2.92 bits per heavy atom. The van der Waals surface area contributed by atoms with Gasteiger partial charge in [0.05, 0.1) is 9.90 Å². The minimum Gasteiger partial charge on any atom is -0.284 e. The number of aryl methyl sites for hydroxylation is 1. The fourth-order valence-corrected chi connectivity index (χ4v) is 2.60. The molecule has 1 aromatic carbocycles. The highest BCUT2D eigenvalue weighted by molar-refractivity contribution is 7.21. The summed E-state index contributed by atoms with van der Waals surface area (Å²) in [5.74, 6) is 0. The third-order valence-electron chi connectivity index (χ3n) is 1.88. The second-order valence-corrected chi connectivity index (χ2v) is 4.28. The highest BCUT2D eigenvalue weighted by Gasteiger charge is 2.09. The molecule has 2 rings (SSSR count). The first kappa shape index (κ1) is 8.73. The molecule has 0 spiro atoms. The molecule has 65 valence electrons. The molecular formula is C10H6ClOS. The van der Waals surface area contributed by atoms with Crippen LogP contribution >= 0.6 is 22.9 Å². The van der Waals surface area contributed by atoms with E-state index in [4.69, 9.17) is 11.6 Å². The van der Waals surface area contributed by atoms with Gasteiger partial charge in [-0.15, -0.1) is 11.3 Å². The molecule has 3 heteroatoms. The molecule has 13 heavy (non-hydrogen) atoms. The Morgan fingerprint density at radius 2 is 2.23 bits per heavy atom. The van der Waals surface area contributed by atoms with Crippen molar-refractivity contribution in [2.45, 2.75) is 6.92 Å². The molecule has 0 atom stereocenters. The molecule has 0 fully saturated rings. The number of carbonyl (C=O) groups excluding carboxylic acids is 1. The molecule has 1 nitrogen and oxygen atoms in total. The highest BCUT2D eigenvalue weighted by atomic mass is 35.5. The average Bonchev–Trinajstić information content (AvgIpc) is 2.42. The van der Waals surface area contributed by atoms with Crippen molar-refractivity contribution in [2.24, 2.45) is 0 Å². The summed E-state index contributed by atoms with van der Waals surface area (Å²) >= 11 is 7.34. The topological polar surface area (TPSA) is 17.1 Å². The van der Waals surface area contributed by atoms with Crippen molar-refractivity contribution in [2.75, 3.05) is 0 Å². The van der Waals surface area contributed by atoms with Crippen molar-refractivity contribution in [3.63, 3.8) is 0 Å². The molecule has 0 aliphatic carbocycles. The van der Waals surface area contributed by atoms with Crippen molar-refractivity contribution in [3.05, 3.63) is 33.7 Å². The van der Waals surface area contributed by atoms with Crippen LogP contribution < -0.4 is 0 Å². The van der Waals surface area contributed by atoms with Gasteiger partial charge in [0.15, 0.2) is 0 Å². The van der Waals surface area contributed by atoms with Gasteiger partial charge in [0, 0.05) is 10.1 Å². The molecule has 2 aromatic rings. The first-order valence-electron chi connectivity index (χ1n) is 3.79. The van der Waals surface area contributed by atoms with Gasteiger partial charge in [0.25, 0.3) is 0 Å². The van der Waals surface area contributed by atoms with E-state index in [2.05, 4.69) is 0 Å². The molecule has 0 saturated carbocycles. The lowest BCUT2D eigenvalue weighted by molar-refractivity contribution is 0.563. The fraction of sp³-hybridized carbons (Fsp3) is 0.100. The molecule has 0 aliphatic heterocycles. The lowest BCUT2D eigenvalue weighted by atomic mass is 10.2. The summed E-state index contributed by atoms with van der Waals surface area (Å²) in [6, 6.07) is 5.94. The van der Waals surface area contributed by atoms with E-state index < -0.39 is 0 Å². The molecule has 0 unspecified atom stereocenters. The van der Waals surface area contributed by atoms with Gasteiger partial charge in [0.1, 0.15) is 0 Å². The molecule has 0 N–H and O–H groups in total. The summed E-state index contributed by atoms with van der Waals surface area (Å²) in [4.78, 5) is 11.0. The van der Waals surface area contributed by atoms with Gasteiger partial charge in [-0.25, -0.2) is 0 Å². The minimum atomic E-state index is 0.488. The molecule has 0 bridgehead atoms. The molecule has 1 aromatic heterocycles. The Balaban J connectivity index is 2.83. The fourth-order valence-electron chi connectivity index (χ4n) is 1.24. The predicted octanol–water partition coefficient (Wildman–Crippen LogP) is 3.32. The van der Waals surface area contributed by atoms with E-state index >= 15 is 0 Å². The highest BCUT2D eigenvalue weighted by Crippen LogP contribution is 2.34. The van der Waals surface area contributed by atoms with E-state index in [-0.39, 0.29) is 0 Å². The van der Waals surface area contributed by atoms with E-state index in [1.165, 1.54) is 16.9 Å². The molecule has 0 amide bonds. The van der Waals surface area contributed by atoms with Crippen LogP contribution in [0.25, 0.3) is 10.1 Å². The van der Waals surface area contributed by atoms with Gasteiger partial charge < -0.3 is 0 Å². The summed E-state index contributed by atoms with van der Waals surface area (Å²) in [6.07, 6.45) is 1.84. The van der Waals surface area contributed by atoms with Gasteiger partial charge in [0.2, 0.25) is 6.29 Å². The van der Waals surface area contributed by atoms with Crippen LogP contribution in [-0.2, 0) is 4.79 Å². The SMILES string of the molecule is Cc1ccc2c(Cl)c([C]=O)sc2c1. The summed E-state index contributed by atoms with van der Waals surface area (Å²) in [7, 11) is 0. The van der Waals surface area contributed by atoms with Crippen molar-refractivity contribution in [1.82, 2.24) is 0 Å². The second-order valence-electron chi connectivity index (χ2n) is 2.85. The van der Waals surface area contributed by atoms with Crippen molar-refractivity contribution >= 4 is 39.3 Å². The van der Waals surface area contributed by atoms with Gasteiger partial charge in [-0.2, -0.15) is 0 Å². The maximum Gasteiger partial charge on any atom is 0.245 e. The quantitative estimate of drug-likeness (QED) is 0.704. The average molecular weight is 210 g/mol. The second kappa shape index (κ2) is 3.13. The standard InChI is InChI=1S/C10H6ClOS/c1-6-2-3-7-8(4-6)13-9(5-12)10(7)11/h2-4H,1H3. The number of thiophene rings is 1. The van der Waals surface area contributed by atoms with E-state index in [1.54, 1.807) is 0 Å². The predicted molar refractivity (Wildman–Crippen MR) is 56.4 cm³/mol. The Labute approximate surface area is 84.9 Å². The van der Waals surface area contributed by atoms with E-state index in [9.17, 15) is 4.79 Å². The number of halogens is 1. The van der Waals surface area contributed by atoms with Gasteiger partial charge in [-0.3, -0.25) is 4.79 Å². The zero-order valence-electron chi connectivity index (χ0n) is 6.93. The number of benzene rings is 1. The molecule has 0 aliphatic rings. The molecule has 0 saturated heterocycles. The number of hydrogen-bond donors (Lipinski definition) is 0. The van der Waals surface area contributed by atoms with Gasteiger partial charge in [-0.1, -0.05) is 23.7 Å². The van der Waals surface area contributed by atoms with Crippen molar-refractivity contribution < 1.29 is 4.79 Å². The largest absolute Gasteiger partial charge is 0.284 e. The number of fused-ring (bicyclic) bond motifs is 1. The van der Waals surface area contributed by atoms with Crippen LogP contribution in [0.3, 0.4) is 0 Å². The van der Waals surface area contributed by atoms with E-state index in [0.717, 1.165) is 10.1 Å². The van der Waals surface area contributed by atoms with Crippen LogP contribution in [0.4, 0.5) is 0 Å². The lowest BCUT2D eigenvalue weighted by Gasteiger charge is -1.91. The Bertz CT molecular complexity index is 473. The zero-order chi connectivity index (χ0) is 9.42. The monoisotopic (exact) mass is 209 g/mol. The maximum atomic E-state index is 10.5.